The summed E-state index contributed by atoms with van der Waals surface area (Å²) in [5.74, 6) is -1.44. The number of hydrogen-bond acceptors (Lipinski definition) is 12. The molecule has 37 heavy (non-hydrogen) atoms. The zero-order chi connectivity index (χ0) is 26.3. The molecule has 0 saturated carbocycles. The van der Waals surface area contributed by atoms with Gasteiger partial charge in [-0.05, 0) is 25.8 Å². The summed E-state index contributed by atoms with van der Waals surface area (Å²) in [5.41, 5.74) is 0.829. The number of thioether (sulfide) groups is 2. The van der Waals surface area contributed by atoms with Crippen molar-refractivity contribution in [3.8, 4) is 0 Å². The maximum atomic E-state index is 14.1. The maximum absolute atomic E-state index is 14.1. The summed E-state index contributed by atoms with van der Waals surface area (Å²) in [6, 6.07) is 8.58. The van der Waals surface area contributed by atoms with Crippen LogP contribution in [0.2, 0.25) is 0 Å². The Balaban J connectivity index is 1.68. The molecular weight excluding hydrogens is 571 g/mol. The van der Waals surface area contributed by atoms with E-state index in [1.54, 1.807) is 37.3 Å². The van der Waals surface area contributed by atoms with Crippen LogP contribution in [0.15, 0.2) is 62.9 Å². The van der Waals surface area contributed by atoms with E-state index in [4.69, 9.17) is 0 Å². The van der Waals surface area contributed by atoms with E-state index in [2.05, 4.69) is 27.0 Å². The molecule has 192 valence electrons. The van der Waals surface area contributed by atoms with Gasteiger partial charge >= 0.3 is 0 Å². The number of aryl methyl sites for hydroxylation is 2. The number of β-lactam (4-membered cyclic amide) rings is 1. The molecular formula is C23H21N5O4S5. The molecule has 1 amide bonds. The highest BCUT2D eigenvalue weighted by atomic mass is 32.3. The fourth-order valence-corrected chi connectivity index (χ4v) is 11.6. The Morgan fingerprint density at radius 2 is 1.73 bits per heavy atom. The number of fused-ring (bicyclic) bond motifs is 1. The third-order valence-corrected chi connectivity index (χ3v) is 13.0. The third kappa shape index (κ3) is 4.80. The van der Waals surface area contributed by atoms with Crippen LogP contribution < -0.4 is 0 Å². The summed E-state index contributed by atoms with van der Waals surface area (Å²) in [4.78, 5) is 28.4. The predicted octanol–water partition coefficient (Wildman–Crippen LogP) is 4.14. The van der Waals surface area contributed by atoms with E-state index >= 15 is 0 Å². The Labute approximate surface area is 230 Å². The molecule has 2 aliphatic heterocycles. The monoisotopic (exact) mass is 591 g/mol. The second kappa shape index (κ2) is 10.4. The molecule has 0 spiro atoms. The number of hydrogen-bond donors (Lipinski definition) is 0. The highest BCUT2D eigenvalue weighted by Crippen LogP contribution is 2.50. The highest BCUT2D eigenvalue weighted by molar-refractivity contribution is 8.15. The smallest absolute Gasteiger partial charge is 0.234 e. The number of carbonyl (C=O) groups is 2. The lowest BCUT2D eigenvalue weighted by molar-refractivity contribution is -0.147. The topological polar surface area (TPSA) is 123 Å². The van der Waals surface area contributed by atoms with Crippen molar-refractivity contribution in [3.05, 3.63) is 69.8 Å². The number of allylic oxidation sites excluding steroid dienone is 2. The largest absolute Gasteiger partial charge is 0.290 e. The molecule has 5 rings (SSSR count). The number of amides is 1. The zero-order valence-electron chi connectivity index (χ0n) is 19.7. The van der Waals surface area contributed by atoms with E-state index in [0.717, 1.165) is 16.8 Å². The molecule has 0 radical (unpaired) electrons. The molecule has 4 heterocycles. The minimum absolute atomic E-state index is 0.115. The Kier molecular flexibility index (Phi) is 7.38. The number of ketones is 1. The van der Waals surface area contributed by atoms with Crippen LogP contribution in [0.5, 0.6) is 0 Å². The molecule has 1 aromatic carbocycles. The van der Waals surface area contributed by atoms with Crippen molar-refractivity contribution in [2.45, 2.75) is 38.9 Å². The standard InChI is InChI=1S/C23H21N5O4S5/c1-4-8-15-19(30)28-17(18(29)14-9-6-5-7-10-14)16(11-33-22-26-24-12(2)34-22)21(37(31,32)20(15)28)36-23-27-25-13(3)35-23/h4-7,9-10,15,20-21H,1,8,11H2,2-3H3. The molecule has 0 aliphatic carbocycles. The minimum Gasteiger partial charge on any atom is -0.290 e. The number of Topliss-reactive ketones (excluding diaryl/α,β-unsaturated/α-hetero) is 1. The minimum atomic E-state index is -3.95. The molecule has 3 aromatic rings. The molecule has 2 aliphatic rings. The SMILES string of the molecule is C=CCC1C(=O)N2C(C(=O)c3ccccc3)=C(CSc3nnc(C)s3)C(Sc3nnc(C)s3)S(=O)(=O)C12. The van der Waals surface area contributed by atoms with Crippen LogP contribution in [-0.4, -0.2) is 61.1 Å². The summed E-state index contributed by atoms with van der Waals surface area (Å²) in [5, 5.41) is 16.6. The fraction of sp³-hybridized carbons (Fsp3) is 0.304. The Morgan fingerprint density at radius 3 is 2.32 bits per heavy atom. The van der Waals surface area contributed by atoms with Crippen LogP contribution in [-0.2, 0) is 14.6 Å². The normalized spacial score (nSPS) is 22.5. The van der Waals surface area contributed by atoms with Crippen molar-refractivity contribution in [2.24, 2.45) is 5.92 Å². The number of sulfone groups is 1. The van der Waals surface area contributed by atoms with Crippen molar-refractivity contribution in [1.29, 1.82) is 0 Å². The van der Waals surface area contributed by atoms with Gasteiger partial charge in [0.15, 0.2) is 23.9 Å². The van der Waals surface area contributed by atoms with Gasteiger partial charge in [0.25, 0.3) is 0 Å². The number of nitrogens with zero attached hydrogens (tertiary/aromatic N) is 5. The molecule has 9 nitrogen and oxygen atoms in total. The summed E-state index contributed by atoms with van der Waals surface area (Å²) in [6.45, 7) is 7.31. The van der Waals surface area contributed by atoms with Crippen LogP contribution in [0.4, 0.5) is 0 Å². The number of rotatable bonds is 9. The first-order valence-electron chi connectivity index (χ1n) is 11.1. The zero-order valence-corrected chi connectivity index (χ0v) is 23.8. The number of aromatic nitrogens is 4. The first kappa shape index (κ1) is 26.2. The van der Waals surface area contributed by atoms with Gasteiger partial charge in [-0.2, -0.15) is 0 Å². The van der Waals surface area contributed by atoms with Crippen molar-refractivity contribution in [1.82, 2.24) is 25.3 Å². The van der Waals surface area contributed by atoms with Crippen molar-refractivity contribution >= 4 is 67.7 Å². The van der Waals surface area contributed by atoms with Gasteiger partial charge in [-0.15, -0.1) is 27.0 Å². The van der Waals surface area contributed by atoms with Gasteiger partial charge in [0, 0.05) is 11.3 Å². The summed E-state index contributed by atoms with van der Waals surface area (Å²) >= 11 is 5.01. The van der Waals surface area contributed by atoms with Crippen molar-refractivity contribution < 1.29 is 18.0 Å². The quantitative estimate of drug-likeness (QED) is 0.155. The van der Waals surface area contributed by atoms with E-state index in [1.807, 2.05) is 6.92 Å². The third-order valence-electron chi connectivity index (χ3n) is 5.86. The van der Waals surface area contributed by atoms with Gasteiger partial charge in [0.1, 0.15) is 14.6 Å². The van der Waals surface area contributed by atoms with Gasteiger partial charge in [0.05, 0.1) is 11.6 Å². The lowest BCUT2D eigenvalue weighted by Gasteiger charge is -2.51. The van der Waals surface area contributed by atoms with Gasteiger partial charge in [-0.3, -0.25) is 14.5 Å². The first-order chi connectivity index (χ1) is 17.7. The summed E-state index contributed by atoms with van der Waals surface area (Å²) in [6.07, 6.45) is 1.74. The average molecular weight is 592 g/mol. The van der Waals surface area contributed by atoms with E-state index in [0.29, 0.717) is 24.8 Å². The molecule has 0 bridgehead atoms. The Hall–Kier alpha value is -2.39. The molecule has 0 N–H and O–H groups in total. The van der Waals surface area contributed by atoms with E-state index < -0.39 is 37.4 Å². The van der Waals surface area contributed by atoms with Crippen LogP contribution >= 0.6 is 46.2 Å². The van der Waals surface area contributed by atoms with Crippen LogP contribution in [0.25, 0.3) is 0 Å². The molecule has 14 heteroatoms. The molecule has 3 atom stereocenters. The van der Waals surface area contributed by atoms with Gasteiger partial charge in [-0.25, -0.2) is 8.42 Å². The Morgan fingerprint density at radius 1 is 1.08 bits per heavy atom. The lowest BCUT2D eigenvalue weighted by atomic mass is 9.90. The summed E-state index contributed by atoms with van der Waals surface area (Å²) < 4.78 is 28.2. The van der Waals surface area contributed by atoms with Gasteiger partial charge in [0.2, 0.25) is 11.7 Å². The summed E-state index contributed by atoms with van der Waals surface area (Å²) in [7, 11) is -3.95. The van der Waals surface area contributed by atoms with Crippen molar-refractivity contribution in [2.75, 3.05) is 5.75 Å². The maximum Gasteiger partial charge on any atom is 0.234 e. The van der Waals surface area contributed by atoms with Gasteiger partial charge < -0.3 is 0 Å². The van der Waals surface area contributed by atoms with Gasteiger partial charge in [-0.1, -0.05) is 82.6 Å². The molecule has 3 unspecified atom stereocenters. The molecule has 1 saturated heterocycles. The van der Waals surface area contributed by atoms with E-state index in [9.17, 15) is 18.0 Å². The lowest BCUT2D eigenvalue weighted by Crippen LogP contribution is -2.68. The van der Waals surface area contributed by atoms with Crippen LogP contribution in [0.3, 0.4) is 0 Å². The van der Waals surface area contributed by atoms with Crippen molar-refractivity contribution in [3.63, 3.8) is 0 Å². The first-order valence-corrected chi connectivity index (χ1v) is 16.2. The second-order valence-corrected chi connectivity index (χ2v) is 15.7. The fourth-order valence-electron chi connectivity index (χ4n) is 4.28. The molecule has 1 fully saturated rings. The van der Waals surface area contributed by atoms with E-state index in [-0.39, 0.29) is 17.9 Å². The second-order valence-electron chi connectivity index (χ2n) is 8.30. The van der Waals surface area contributed by atoms with E-state index in [1.165, 1.54) is 45.4 Å². The Bertz CT molecular complexity index is 1510. The molecule has 2 aromatic heterocycles. The highest BCUT2D eigenvalue weighted by Gasteiger charge is 2.62. The number of carbonyl (C=O) groups excluding carboxylic acids is 2. The predicted molar refractivity (Wildman–Crippen MR) is 145 cm³/mol. The average Bonchev–Trinajstić information content (AvgIpc) is 3.49. The van der Waals surface area contributed by atoms with Crippen LogP contribution in [0.1, 0.15) is 26.8 Å². The number of benzene rings is 1. The van der Waals surface area contributed by atoms with Crippen LogP contribution in [0, 0.1) is 19.8 Å².